The van der Waals surface area contributed by atoms with E-state index >= 15 is 0 Å². The summed E-state index contributed by atoms with van der Waals surface area (Å²) in [5.41, 5.74) is 2.34. The summed E-state index contributed by atoms with van der Waals surface area (Å²) in [7, 11) is 0. The molecule has 0 aliphatic carbocycles. The number of ketones is 1. The molecule has 1 rings (SSSR count). The van der Waals surface area contributed by atoms with Crippen molar-refractivity contribution in [1.29, 1.82) is 0 Å². The Morgan fingerprint density at radius 2 is 2.31 bits per heavy atom. The summed E-state index contributed by atoms with van der Waals surface area (Å²) >= 11 is 0. The van der Waals surface area contributed by atoms with Gasteiger partial charge in [0.25, 0.3) is 0 Å². The third-order valence-corrected chi connectivity index (χ3v) is 2.55. The van der Waals surface area contributed by atoms with Crippen molar-refractivity contribution in [2.45, 2.75) is 31.7 Å². The fraction of sp³-hybridized carbons (Fsp3) is 0.700. The molecule has 6 nitrogen and oxygen atoms in total. The summed E-state index contributed by atoms with van der Waals surface area (Å²) in [4.78, 5) is 36.9. The van der Waals surface area contributed by atoms with Crippen LogP contribution in [0.25, 0.3) is 0 Å². The van der Waals surface area contributed by atoms with Crippen molar-refractivity contribution in [3.8, 4) is 0 Å². The first kappa shape index (κ1) is 12.8. The summed E-state index contributed by atoms with van der Waals surface area (Å²) in [6.45, 7) is -0.376. The Bertz CT molecular complexity index is 278. The number of hydrogen-bond acceptors (Lipinski definition) is 6. The number of aliphatic hydroxyl groups excluding tert-OH is 1. The number of rotatable bonds is 8. The van der Waals surface area contributed by atoms with E-state index < -0.39 is 17.9 Å². The van der Waals surface area contributed by atoms with Gasteiger partial charge in [0.05, 0.1) is 12.5 Å². The maximum absolute atomic E-state index is 11.6. The quantitative estimate of drug-likeness (QED) is 0.424. The molecule has 0 aromatic heterocycles. The molecule has 1 unspecified atom stereocenters. The monoisotopic (exact) mass is 229 g/mol. The van der Waals surface area contributed by atoms with Crippen molar-refractivity contribution in [2.24, 2.45) is 5.92 Å². The van der Waals surface area contributed by atoms with E-state index in [0.717, 1.165) is 6.29 Å². The number of nitrogens with one attached hydrogen (secondary N) is 1. The first-order chi connectivity index (χ1) is 7.70. The zero-order valence-corrected chi connectivity index (χ0v) is 8.85. The molecule has 0 aromatic rings. The van der Waals surface area contributed by atoms with Gasteiger partial charge in [0.1, 0.15) is 12.1 Å². The van der Waals surface area contributed by atoms with Gasteiger partial charge in [0, 0.05) is 12.8 Å². The van der Waals surface area contributed by atoms with Gasteiger partial charge < -0.3 is 14.7 Å². The van der Waals surface area contributed by atoms with Crippen LogP contribution in [0.15, 0.2) is 0 Å². The van der Waals surface area contributed by atoms with Gasteiger partial charge in [-0.05, 0) is 12.8 Å². The number of aliphatic hydroxyl groups is 1. The summed E-state index contributed by atoms with van der Waals surface area (Å²) in [5.74, 6) is -1.43. The highest BCUT2D eigenvalue weighted by atomic mass is 16.7. The van der Waals surface area contributed by atoms with Crippen molar-refractivity contribution in [3.05, 3.63) is 0 Å². The fourth-order valence-corrected chi connectivity index (χ4v) is 1.53. The topological polar surface area (TPSA) is 92.7 Å². The highest BCUT2D eigenvalue weighted by Crippen LogP contribution is 2.16. The van der Waals surface area contributed by atoms with Crippen LogP contribution >= 0.6 is 0 Å². The van der Waals surface area contributed by atoms with E-state index in [4.69, 9.17) is 5.11 Å². The van der Waals surface area contributed by atoms with Crippen molar-refractivity contribution in [2.75, 3.05) is 6.61 Å². The molecule has 2 atom stereocenters. The Labute approximate surface area is 92.9 Å². The van der Waals surface area contributed by atoms with Crippen LogP contribution in [0.5, 0.6) is 0 Å². The lowest BCUT2D eigenvalue weighted by Gasteiger charge is -2.30. The van der Waals surface area contributed by atoms with Gasteiger partial charge in [-0.3, -0.25) is 4.79 Å². The molecule has 0 radical (unpaired) electrons. The molecular weight excluding hydrogens is 214 g/mol. The standard InChI is InChI=1S/C10H15NO5/c12-5-3-1-2-4-8(14)7(6-13)9-10(15)16-11-9/h5,7,9,11,13H,1-4,6H2/t7?,9-/m0/s1. The van der Waals surface area contributed by atoms with E-state index in [9.17, 15) is 14.4 Å². The SMILES string of the molecule is O=CCCCCC(=O)C(CO)[C@@H]1NOC1=O. The van der Waals surface area contributed by atoms with Crippen molar-refractivity contribution < 1.29 is 24.3 Å². The zero-order chi connectivity index (χ0) is 12.0. The summed E-state index contributed by atoms with van der Waals surface area (Å²) < 4.78 is 0. The maximum atomic E-state index is 11.6. The van der Waals surface area contributed by atoms with E-state index in [-0.39, 0.29) is 18.8 Å². The number of hydrogen-bond donors (Lipinski definition) is 2. The third kappa shape index (κ3) is 3.11. The van der Waals surface area contributed by atoms with Crippen LogP contribution in [0.1, 0.15) is 25.7 Å². The fourth-order valence-electron chi connectivity index (χ4n) is 1.53. The number of unbranched alkanes of at least 4 members (excludes halogenated alkanes) is 2. The van der Waals surface area contributed by atoms with Gasteiger partial charge in [-0.2, -0.15) is 0 Å². The molecule has 0 aromatic carbocycles. The van der Waals surface area contributed by atoms with E-state index in [0.29, 0.717) is 19.3 Å². The molecule has 1 saturated heterocycles. The molecule has 1 aliphatic heterocycles. The van der Waals surface area contributed by atoms with Crippen molar-refractivity contribution in [1.82, 2.24) is 5.48 Å². The summed E-state index contributed by atoms with van der Waals surface area (Å²) in [6, 6.07) is -0.719. The number of Topliss-reactive ketones (excluding diaryl/α,β-unsaturated/α-hetero) is 1. The minimum atomic E-state index is -0.738. The molecule has 90 valence electrons. The predicted octanol–water partition coefficient (Wildman–Crippen LogP) is -0.647. The second-order valence-electron chi connectivity index (χ2n) is 3.68. The molecule has 1 fully saturated rings. The van der Waals surface area contributed by atoms with Crippen molar-refractivity contribution >= 4 is 18.0 Å². The van der Waals surface area contributed by atoms with Gasteiger partial charge in [-0.15, -0.1) is 5.48 Å². The average Bonchev–Trinajstić information content (AvgIpc) is 2.29. The Balaban J connectivity index is 2.31. The molecule has 6 heteroatoms. The second kappa shape index (κ2) is 6.34. The summed E-state index contributed by atoms with van der Waals surface area (Å²) in [6.07, 6.45) is 2.75. The Morgan fingerprint density at radius 3 is 2.75 bits per heavy atom. The van der Waals surface area contributed by atoms with Gasteiger partial charge in [-0.25, -0.2) is 4.79 Å². The Morgan fingerprint density at radius 1 is 1.56 bits per heavy atom. The normalized spacial score (nSPS) is 20.8. The average molecular weight is 229 g/mol. The van der Waals surface area contributed by atoms with E-state index in [2.05, 4.69) is 10.3 Å². The molecule has 0 amide bonds. The minimum Gasteiger partial charge on any atom is -0.396 e. The number of carbonyl (C=O) groups excluding carboxylic acids is 3. The number of aldehydes is 1. The highest BCUT2D eigenvalue weighted by Gasteiger charge is 2.41. The first-order valence-corrected chi connectivity index (χ1v) is 5.24. The molecule has 0 spiro atoms. The molecule has 16 heavy (non-hydrogen) atoms. The highest BCUT2D eigenvalue weighted by molar-refractivity contribution is 5.90. The van der Waals surface area contributed by atoms with Gasteiger partial charge in [0.2, 0.25) is 0 Å². The summed E-state index contributed by atoms with van der Waals surface area (Å²) in [5, 5.41) is 9.03. The molecule has 2 N–H and O–H groups in total. The molecule has 0 bridgehead atoms. The zero-order valence-electron chi connectivity index (χ0n) is 8.85. The van der Waals surface area contributed by atoms with E-state index in [1.807, 2.05) is 0 Å². The maximum Gasteiger partial charge on any atom is 0.346 e. The second-order valence-corrected chi connectivity index (χ2v) is 3.68. The number of hydroxylamine groups is 1. The van der Waals surface area contributed by atoms with Crippen LogP contribution in [0, 0.1) is 5.92 Å². The van der Waals surface area contributed by atoms with Gasteiger partial charge in [-0.1, -0.05) is 0 Å². The minimum absolute atomic E-state index is 0.178. The first-order valence-electron chi connectivity index (χ1n) is 5.24. The van der Waals surface area contributed by atoms with Gasteiger partial charge in [0.15, 0.2) is 6.04 Å². The molecule has 1 heterocycles. The molecular formula is C10H15NO5. The van der Waals surface area contributed by atoms with Crippen LogP contribution in [0.4, 0.5) is 0 Å². The number of carbonyl (C=O) groups is 3. The smallest absolute Gasteiger partial charge is 0.346 e. The Kier molecular flexibility index (Phi) is 5.07. The van der Waals surface area contributed by atoms with E-state index in [1.54, 1.807) is 0 Å². The van der Waals surface area contributed by atoms with Crippen LogP contribution in [-0.2, 0) is 19.2 Å². The van der Waals surface area contributed by atoms with Crippen LogP contribution < -0.4 is 5.48 Å². The molecule has 0 saturated carbocycles. The molecule has 1 aliphatic rings. The Hall–Kier alpha value is -1.27. The lowest BCUT2D eigenvalue weighted by Crippen LogP contribution is -2.58. The largest absolute Gasteiger partial charge is 0.396 e. The van der Waals surface area contributed by atoms with Crippen LogP contribution in [0.3, 0.4) is 0 Å². The van der Waals surface area contributed by atoms with Crippen LogP contribution in [-0.4, -0.2) is 35.8 Å². The lowest BCUT2D eigenvalue weighted by molar-refractivity contribution is -0.187. The lowest BCUT2D eigenvalue weighted by atomic mass is 9.92. The van der Waals surface area contributed by atoms with Gasteiger partial charge >= 0.3 is 5.97 Å². The predicted molar refractivity (Wildman–Crippen MR) is 53.1 cm³/mol. The van der Waals surface area contributed by atoms with E-state index in [1.165, 1.54) is 0 Å². The van der Waals surface area contributed by atoms with Crippen molar-refractivity contribution in [3.63, 3.8) is 0 Å². The van der Waals surface area contributed by atoms with Crippen LogP contribution in [0.2, 0.25) is 0 Å². The third-order valence-electron chi connectivity index (χ3n) is 2.55.